The van der Waals surface area contributed by atoms with Gasteiger partial charge in [-0.3, -0.25) is 4.79 Å². The molecule has 1 aromatic rings. The molecule has 1 amide bonds. The van der Waals surface area contributed by atoms with Gasteiger partial charge in [0.05, 0.1) is 31.7 Å². The Hall–Kier alpha value is -1.75. The van der Waals surface area contributed by atoms with Crippen LogP contribution in [0.3, 0.4) is 0 Å². The first-order chi connectivity index (χ1) is 9.02. The van der Waals surface area contributed by atoms with Crippen LogP contribution in [0.4, 0.5) is 5.69 Å². The molecule has 3 N–H and O–H groups in total. The fourth-order valence-electron chi connectivity index (χ4n) is 2.04. The van der Waals surface area contributed by atoms with E-state index >= 15 is 0 Å². The van der Waals surface area contributed by atoms with Gasteiger partial charge in [0.25, 0.3) is 0 Å². The minimum atomic E-state index is -0.673. The highest BCUT2D eigenvalue weighted by Crippen LogP contribution is 2.24. The van der Waals surface area contributed by atoms with E-state index < -0.39 is 5.60 Å². The molecule has 0 radical (unpaired) electrons. The molecule has 104 valence electrons. The summed E-state index contributed by atoms with van der Waals surface area (Å²) in [7, 11) is 0. The van der Waals surface area contributed by atoms with Gasteiger partial charge in [-0.15, -0.1) is 0 Å². The van der Waals surface area contributed by atoms with Crippen LogP contribution >= 0.6 is 0 Å². The lowest BCUT2D eigenvalue weighted by Crippen LogP contribution is -2.63. The number of nitrogens with two attached hydrogens (primary N) is 1. The zero-order valence-electron chi connectivity index (χ0n) is 11.1. The molecule has 5 nitrogen and oxygen atoms in total. The number of amides is 1. The molecule has 0 bridgehead atoms. The Bertz CT molecular complexity index is 439. The van der Waals surface area contributed by atoms with Crippen LogP contribution in [0.25, 0.3) is 0 Å². The Morgan fingerprint density at radius 3 is 2.63 bits per heavy atom. The quantitative estimate of drug-likeness (QED) is 0.779. The number of nitrogens with zero attached hydrogens (tertiary/aromatic N) is 1. The Kier molecular flexibility index (Phi) is 3.95. The van der Waals surface area contributed by atoms with E-state index in [1.54, 1.807) is 29.2 Å². The van der Waals surface area contributed by atoms with Crippen LogP contribution in [-0.2, 0) is 4.79 Å². The molecule has 1 aromatic carbocycles. The lowest BCUT2D eigenvalue weighted by atomic mass is 9.91. The first-order valence-corrected chi connectivity index (χ1v) is 6.51. The summed E-state index contributed by atoms with van der Waals surface area (Å²) >= 11 is 0. The number of carbonyl (C=O) groups excluding carboxylic acids is 1. The van der Waals surface area contributed by atoms with Gasteiger partial charge in [-0.25, -0.2) is 0 Å². The third-order valence-electron chi connectivity index (χ3n) is 3.45. The number of ether oxygens (including phenoxy) is 1. The Morgan fingerprint density at radius 2 is 2.05 bits per heavy atom. The normalized spacial score (nSPS) is 16.8. The molecule has 19 heavy (non-hydrogen) atoms. The molecular weight excluding hydrogens is 244 g/mol. The molecule has 0 saturated carbocycles. The van der Waals surface area contributed by atoms with Gasteiger partial charge >= 0.3 is 0 Å². The van der Waals surface area contributed by atoms with E-state index in [9.17, 15) is 9.90 Å². The van der Waals surface area contributed by atoms with E-state index in [1.807, 2.05) is 6.92 Å². The zero-order valence-corrected chi connectivity index (χ0v) is 11.1. The molecule has 0 aromatic heterocycles. The van der Waals surface area contributed by atoms with Gasteiger partial charge in [-0.1, -0.05) is 6.92 Å². The third kappa shape index (κ3) is 3.38. The number of carbonyl (C=O) groups is 1. The van der Waals surface area contributed by atoms with E-state index in [4.69, 9.17) is 10.5 Å². The standard InChI is InChI=1S/C14H20N2O3/c1-2-14(18)9-16(10-14)13(17)7-8-19-12-5-3-11(15)4-6-12/h3-6,18H,2,7-10,15H2,1H3. The lowest BCUT2D eigenvalue weighted by molar-refractivity contribution is -0.156. The van der Waals surface area contributed by atoms with Crippen LogP contribution in [0.1, 0.15) is 19.8 Å². The SMILES string of the molecule is CCC1(O)CN(C(=O)CCOc2ccc(N)cc2)C1. The van der Waals surface area contributed by atoms with Gasteiger partial charge < -0.3 is 20.5 Å². The molecule has 0 unspecified atom stereocenters. The highest BCUT2D eigenvalue weighted by molar-refractivity contribution is 5.77. The van der Waals surface area contributed by atoms with Crippen LogP contribution in [0.5, 0.6) is 5.75 Å². The summed E-state index contributed by atoms with van der Waals surface area (Å²) in [6.07, 6.45) is 1.00. The van der Waals surface area contributed by atoms with Crippen LogP contribution < -0.4 is 10.5 Å². The second-order valence-electron chi connectivity index (χ2n) is 5.00. The highest BCUT2D eigenvalue weighted by Gasteiger charge is 2.41. The van der Waals surface area contributed by atoms with E-state index in [2.05, 4.69) is 0 Å². The van der Waals surface area contributed by atoms with E-state index in [-0.39, 0.29) is 5.91 Å². The summed E-state index contributed by atoms with van der Waals surface area (Å²) in [4.78, 5) is 13.5. The molecule has 1 aliphatic heterocycles. The van der Waals surface area contributed by atoms with Crippen molar-refractivity contribution in [2.45, 2.75) is 25.4 Å². The highest BCUT2D eigenvalue weighted by atomic mass is 16.5. The molecule has 1 aliphatic rings. The minimum absolute atomic E-state index is 0.0218. The summed E-state index contributed by atoms with van der Waals surface area (Å²) in [5.74, 6) is 0.726. The van der Waals surface area contributed by atoms with Gasteiger partial charge in [-0.05, 0) is 30.7 Å². The summed E-state index contributed by atoms with van der Waals surface area (Å²) < 4.78 is 5.46. The number of hydrogen-bond acceptors (Lipinski definition) is 4. The maximum atomic E-state index is 11.8. The molecule has 1 heterocycles. The molecule has 0 atom stereocenters. The van der Waals surface area contributed by atoms with Gasteiger partial charge in [0.1, 0.15) is 5.75 Å². The summed E-state index contributed by atoms with van der Waals surface area (Å²) in [5.41, 5.74) is 5.58. The second kappa shape index (κ2) is 5.48. The van der Waals surface area contributed by atoms with Gasteiger partial charge in [0.2, 0.25) is 5.91 Å². The number of anilines is 1. The molecule has 1 saturated heterocycles. The zero-order chi connectivity index (χ0) is 13.9. The van der Waals surface area contributed by atoms with E-state index in [0.717, 1.165) is 0 Å². The van der Waals surface area contributed by atoms with Crippen LogP contribution in [0.15, 0.2) is 24.3 Å². The van der Waals surface area contributed by atoms with Crippen molar-refractivity contribution >= 4 is 11.6 Å². The predicted octanol–water partition coefficient (Wildman–Crippen LogP) is 1.02. The Labute approximate surface area is 113 Å². The predicted molar refractivity (Wildman–Crippen MR) is 72.8 cm³/mol. The number of aliphatic hydroxyl groups is 1. The summed E-state index contributed by atoms with van der Waals surface area (Å²) in [6, 6.07) is 7.07. The van der Waals surface area contributed by atoms with Crippen molar-refractivity contribution in [1.82, 2.24) is 4.90 Å². The fourth-order valence-corrected chi connectivity index (χ4v) is 2.04. The Morgan fingerprint density at radius 1 is 1.42 bits per heavy atom. The summed E-state index contributed by atoms with van der Waals surface area (Å²) in [5, 5.41) is 9.83. The van der Waals surface area contributed by atoms with E-state index in [1.165, 1.54) is 0 Å². The van der Waals surface area contributed by atoms with Crippen molar-refractivity contribution in [2.24, 2.45) is 0 Å². The van der Waals surface area contributed by atoms with Crippen molar-refractivity contribution < 1.29 is 14.6 Å². The molecule has 2 rings (SSSR count). The van der Waals surface area contributed by atoms with Crippen molar-refractivity contribution in [3.8, 4) is 5.75 Å². The first kappa shape index (κ1) is 13.7. The number of benzene rings is 1. The van der Waals surface area contributed by atoms with Crippen LogP contribution in [-0.4, -0.2) is 41.2 Å². The average Bonchev–Trinajstić information content (AvgIpc) is 2.37. The smallest absolute Gasteiger partial charge is 0.226 e. The van der Waals surface area contributed by atoms with Gasteiger partial charge in [0, 0.05) is 5.69 Å². The monoisotopic (exact) mass is 264 g/mol. The minimum Gasteiger partial charge on any atom is -0.493 e. The maximum Gasteiger partial charge on any atom is 0.226 e. The average molecular weight is 264 g/mol. The molecule has 5 heteroatoms. The van der Waals surface area contributed by atoms with E-state index in [0.29, 0.717) is 44.0 Å². The van der Waals surface area contributed by atoms with Gasteiger partial charge in [0.15, 0.2) is 0 Å². The number of likely N-dealkylation sites (tertiary alicyclic amines) is 1. The van der Waals surface area contributed by atoms with Gasteiger partial charge in [-0.2, -0.15) is 0 Å². The third-order valence-corrected chi connectivity index (χ3v) is 3.45. The first-order valence-electron chi connectivity index (χ1n) is 6.51. The maximum absolute atomic E-state index is 11.8. The number of nitrogen functional groups attached to an aromatic ring is 1. The van der Waals surface area contributed by atoms with Crippen molar-refractivity contribution in [3.05, 3.63) is 24.3 Å². The number of β-amino-alcohol motifs (C(OH)–C–C–N with tert-alkyl or cyclic N) is 1. The molecule has 1 fully saturated rings. The fraction of sp³-hybridized carbons (Fsp3) is 0.500. The van der Waals surface area contributed by atoms with Crippen LogP contribution in [0.2, 0.25) is 0 Å². The topological polar surface area (TPSA) is 75.8 Å². The van der Waals surface area contributed by atoms with Crippen molar-refractivity contribution in [2.75, 3.05) is 25.4 Å². The molecule has 0 aliphatic carbocycles. The summed E-state index contributed by atoms with van der Waals surface area (Å²) in [6.45, 7) is 3.13. The molecular formula is C14H20N2O3. The largest absolute Gasteiger partial charge is 0.493 e. The lowest BCUT2D eigenvalue weighted by Gasteiger charge is -2.46. The second-order valence-corrected chi connectivity index (χ2v) is 5.00. The number of hydrogen-bond donors (Lipinski definition) is 2. The van der Waals surface area contributed by atoms with Crippen molar-refractivity contribution in [1.29, 1.82) is 0 Å². The molecule has 0 spiro atoms. The Balaban J connectivity index is 1.69. The number of rotatable bonds is 5. The van der Waals surface area contributed by atoms with Crippen LogP contribution in [0, 0.1) is 0 Å². The van der Waals surface area contributed by atoms with Crippen molar-refractivity contribution in [3.63, 3.8) is 0 Å².